The van der Waals surface area contributed by atoms with Crippen molar-refractivity contribution in [2.75, 3.05) is 24.5 Å². The molecule has 1 saturated heterocycles. The molecule has 1 N–H and O–H groups in total. The number of aromatic nitrogens is 4. The summed E-state index contributed by atoms with van der Waals surface area (Å²) in [6, 6.07) is 15.9. The topological polar surface area (TPSA) is 75.9 Å². The van der Waals surface area contributed by atoms with E-state index in [0.29, 0.717) is 12.1 Å². The van der Waals surface area contributed by atoms with Gasteiger partial charge in [-0.05, 0) is 37.5 Å². The third kappa shape index (κ3) is 5.09. The first kappa shape index (κ1) is 22.1. The molecule has 34 heavy (non-hydrogen) atoms. The van der Waals surface area contributed by atoms with Crippen LogP contribution in [0.5, 0.6) is 0 Å². The normalized spacial score (nSPS) is 14.2. The molecular weight excluding hydrogens is 424 g/mol. The first-order chi connectivity index (χ1) is 16.8. The maximum atomic E-state index is 12.8. The van der Waals surface area contributed by atoms with E-state index in [1.54, 1.807) is 12.5 Å². The van der Waals surface area contributed by atoms with Gasteiger partial charge < -0.3 is 14.8 Å². The lowest BCUT2D eigenvalue weighted by atomic mass is 10.1. The Kier molecular flexibility index (Phi) is 6.79. The van der Waals surface area contributed by atoms with Crippen LogP contribution in [0.1, 0.15) is 42.5 Å². The van der Waals surface area contributed by atoms with E-state index in [9.17, 15) is 4.79 Å². The molecule has 7 heteroatoms. The molecule has 0 radical (unpaired) electrons. The summed E-state index contributed by atoms with van der Waals surface area (Å²) in [6.45, 7) is 3.39. The highest BCUT2D eigenvalue weighted by Gasteiger charge is 2.19. The number of benzene rings is 2. The van der Waals surface area contributed by atoms with E-state index in [1.807, 2.05) is 47.2 Å². The Labute approximate surface area is 199 Å². The van der Waals surface area contributed by atoms with E-state index in [0.717, 1.165) is 67.0 Å². The van der Waals surface area contributed by atoms with Gasteiger partial charge in [0.25, 0.3) is 5.91 Å². The molecule has 1 fully saturated rings. The van der Waals surface area contributed by atoms with Crippen molar-refractivity contribution < 1.29 is 4.79 Å². The van der Waals surface area contributed by atoms with Gasteiger partial charge in [-0.3, -0.25) is 4.79 Å². The number of anilines is 1. The number of hydrogen-bond donors (Lipinski definition) is 1. The van der Waals surface area contributed by atoms with Gasteiger partial charge in [0.05, 0.1) is 17.4 Å². The molecule has 4 aromatic rings. The van der Waals surface area contributed by atoms with Crippen molar-refractivity contribution in [2.24, 2.45) is 0 Å². The van der Waals surface area contributed by atoms with Crippen molar-refractivity contribution in [3.05, 3.63) is 72.8 Å². The zero-order valence-corrected chi connectivity index (χ0v) is 19.4. The Balaban J connectivity index is 1.40. The number of rotatable bonds is 7. The first-order valence-corrected chi connectivity index (χ1v) is 12.1. The minimum Gasteiger partial charge on any atom is -0.355 e. The van der Waals surface area contributed by atoms with Crippen molar-refractivity contribution in [1.82, 2.24) is 24.8 Å². The smallest absolute Gasteiger partial charge is 0.251 e. The molecule has 2 aromatic heterocycles. The van der Waals surface area contributed by atoms with Crippen LogP contribution in [0.25, 0.3) is 22.3 Å². The second kappa shape index (κ2) is 10.5. The predicted molar refractivity (Wildman–Crippen MR) is 135 cm³/mol. The number of hydrogen-bond acceptors (Lipinski definition) is 5. The van der Waals surface area contributed by atoms with Gasteiger partial charge >= 0.3 is 0 Å². The Hall–Kier alpha value is -3.74. The lowest BCUT2D eigenvalue weighted by molar-refractivity contribution is 0.0953. The molecular formula is C27H30N6O. The highest BCUT2D eigenvalue weighted by Crippen LogP contribution is 2.31. The van der Waals surface area contributed by atoms with Crippen LogP contribution in [-0.4, -0.2) is 45.1 Å². The van der Waals surface area contributed by atoms with Gasteiger partial charge in [-0.1, -0.05) is 43.2 Å². The number of nitrogens with zero attached hydrogens (tertiary/aromatic N) is 5. The largest absolute Gasteiger partial charge is 0.355 e. The van der Waals surface area contributed by atoms with Crippen LogP contribution < -0.4 is 10.2 Å². The Bertz CT molecular complexity index is 1230. The zero-order chi connectivity index (χ0) is 23.2. The second-order valence-corrected chi connectivity index (χ2v) is 8.78. The lowest BCUT2D eigenvalue weighted by Crippen LogP contribution is -2.26. The highest BCUT2D eigenvalue weighted by molar-refractivity contribution is 5.97. The average Bonchev–Trinajstić information content (AvgIpc) is 3.26. The van der Waals surface area contributed by atoms with Crippen LogP contribution in [0.2, 0.25) is 0 Å². The summed E-state index contributed by atoms with van der Waals surface area (Å²) >= 11 is 0. The molecule has 5 rings (SSSR count). The standard InChI is InChI=1S/C27H30N6O/c34-27(29-13-8-15-32-18-14-28-20-32)22-11-12-23-24(19-22)31-26(33-16-6-1-2-7-17-33)25(30-23)21-9-4-3-5-10-21/h3-5,9-12,14,18-20H,1-2,6-8,13,15-17H2,(H,29,34). The summed E-state index contributed by atoms with van der Waals surface area (Å²) in [5.41, 5.74) is 4.14. The molecule has 3 heterocycles. The molecule has 0 saturated carbocycles. The van der Waals surface area contributed by atoms with Crippen molar-refractivity contribution in [3.8, 4) is 11.3 Å². The van der Waals surface area contributed by atoms with E-state index in [2.05, 4.69) is 27.3 Å². The number of carbonyl (C=O) groups excluding carboxylic acids is 1. The van der Waals surface area contributed by atoms with Crippen molar-refractivity contribution in [1.29, 1.82) is 0 Å². The molecule has 1 amide bonds. The molecule has 0 spiro atoms. The Morgan fingerprint density at radius 1 is 0.941 bits per heavy atom. The van der Waals surface area contributed by atoms with Crippen LogP contribution in [0.3, 0.4) is 0 Å². The number of aryl methyl sites for hydroxylation is 1. The molecule has 1 aliphatic heterocycles. The minimum absolute atomic E-state index is 0.0854. The van der Waals surface area contributed by atoms with E-state index < -0.39 is 0 Å². The number of carbonyl (C=O) groups is 1. The van der Waals surface area contributed by atoms with Gasteiger partial charge in [0.2, 0.25) is 0 Å². The van der Waals surface area contributed by atoms with E-state index >= 15 is 0 Å². The first-order valence-electron chi connectivity index (χ1n) is 12.1. The summed E-state index contributed by atoms with van der Waals surface area (Å²) in [7, 11) is 0. The summed E-state index contributed by atoms with van der Waals surface area (Å²) in [4.78, 5) is 29.3. The van der Waals surface area contributed by atoms with Gasteiger partial charge in [-0.2, -0.15) is 0 Å². The average molecular weight is 455 g/mol. The van der Waals surface area contributed by atoms with Crippen molar-refractivity contribution >= 4 is 22.8 Å². The summed E-state index contributed by atoms with van der Waals surface area (Å²) in [5, 5.41) is 3.02. The summed E-state index contributed by atoms with van der Waals surface area (Å²) in [6.07, 6.45) is 11.1. The van der Waals surface area contributed by atoms with Gasteiger partial charge in [0.15, 0.2) is 5.82 Å². The fourth-order valence-corrected chi connectivity index (χ4v) is 4.46. The van der Waals surface area contributed by atoms with Crippen LogP contribution in [-0.2, 0) is 6.54 Å². The van der Waals surface area contributed by atoms with E-state index in [4.69, 9.17) is 9.97 Å². The van der Waals surface area contributed by atoms with Gasteiger partial charge in [-0.15, -0.1) is 0 Å². The van der Waals surface area contributed by atoms with Crippen LogP contribution in [0.4, 0.5) is 5.82 Å². The fourth-order valence-electron chi connectivity index (χ4n) is 4.46. The third-order valence-corrected chi connectivity index (χ3v) is 6.30. The zero-order valence-electron chi connectivity index (χ0n) is 19.4. The SMILES string of the molecule is O=C(NCCCn1ccnc1)c1ccc2nc(-c3ccccc3)c(N3CCCCCC3)nc2c1. The molecule has 2 aromatic carbocycles. The van der Waals surface area contributed by atoms with Crippen molar-refractivity contribution in [3.63, 3.8) is 0 Å². The lowest BCUT2D eigenvalue weighted by Gasteiger charge is -2.24. The van der Waals surface area contributed by atoms with Crippen LogP contribution in [0.15, 0.2) is 67.3 Å². The van der Waals surface area contributed by atoms with Gasteiger partial charge in [0, 0.05) is 49.7 Å². The van der Waals surface area contributed by atoms with E-state index in [1.165, 1.54) is 12.8 Å². The number of nitrogens with one attached hydrogen (secondary N) is 1. The molecule has 0 unspecified atom stereocenters. The van der Waals surface area contributed by atoms with Crippen LogP contribution >= 0.6 is 0 Å². The second-order valence-electron chi connectivity index (χ2n) is 8.78. The predicted octanol–water partition coefficient (Wildman–Crippen LogP) is 4.69. The Morgan fingerprint density at radius 3 is 2.53 bits per heavy atom. The fraction of sp³-hybridized carbons (Fsp3) is 0.333. The maximum Gasteiger partial charge on any atom is 0.251 e. The third-order valence-electron chi connectivity index (χ3n) is 6.30. The maximum absolute atomic E-state index is 12.8. The van der Waals surface area contributed by atoms with E-state index in [-0.39, 0.29) is 5.91 Å². The van der Waals surface area contributed by atoms with Gasteiger partial charge in [0.1, 0.15) is 5.69 Å². The molecule has 7 nitrogen and oxygen atoms in total. The number of imidazole rings is 1. The Morgan fingerprint density at radius 2 is 1.76 bits per heavy atom. The molecule has 1 aliphatic rings. The summed E-state index contributed by atoms with van der Waals surface area (Å²) in [5.74, 6) is 0.830. The molecule has 0 bridgehead atoms. The number of amides is 1. The van der Waals surface area contributed by atoms with Crippen molar-refractivity contribution in [2.45, 2.75) is 38.6 Å². The summed E-state index contributed by atoms with van der Waals surface area (Å²) < 4.78 is 2.01. The van der Waals surface area contributed by atoms with Gasteiger partial charge in [-0.25, -0.2) is 15.0 Å². The monoisotopic (exact) mass is 454 g/mol. The molecule has 0 aliphatic carbocycles. The quantitative estimate of drug-likeness (QED) is 0.410. The number of fused-ring (bicyclic) bond motifs is 1. The minimum atomic E-state index is -0.0854. The highest BCUT2D eigenvalue weighted by atomic mass is 16.1. The molecule has 0 atom stereocenters. The molecule has 174 valence electrons. The van der Waals surface area contributed by atoms with Crippen LogP contribution in [0, 0.1) is 0 Å².